The number of nitriles is 1. The van der Waals surface area contributed by atoms with Gasteiger partial charge in [0.2, 0.25) is 11.6 Å². The number of hydrogen-bond donors (Lipinski definition) is 0. The van der Waals surface area contributed by atoms with Gasteiger partial charge in [0, 0.05) is 6.07 Å². The van der Waals surface area contributed by atoms with Crippen molar-refractivity contribution in [2.45, 2.75) is 13.5 Å². The van der Waals surface area contributed by atoms with Gasteiger partial charge in [-0.15, -0.1) is 0 Å². The summed E-state index contributed by atoms with van der Waals surface area (Å²) in [6.45, 7) is 1.40. The van der Waals surface area contributed by atoms with Crippen LogP contribution in [0.3, 0.4) is 0 Å². The van der Waals surface area contributed by atoms with E-state index < -0.39 is 29.0 Å². The summed E-state index contributed by atoms with van der Waals surface area (Å²) >= 11 is 0. The fourth-order valence-corrected chi connectivity index (χ4v) is 1.76. The Morgan fingerprint density at radius 3 is 2.19 bits per heavy atom. The standard InChI is InChI=1S/C15H9F4NO/c1-8-4-9(6-20)2-3-10(8)7-21-15-13(18)11(16)5-12(17)14(15)19/h2-5H,7H2,1H3. The Hall–Kier alpha value is -2.55. The number of hydrogen-bond acceptors (Lipinski definition) is 2. The van der Waals surface area contributed by atoms with E-state index in [1.54, 1.807) is 19.1 Å². The lowest BCUT2D eigenvalue weighted by atomic mass is 10.1. The molecule has 2 aromatic carbocycles. The average molecular weight is 295 g/mol. The molecule has 0 saturated heterocycles. The van der Waals surface area contributed by atoms with Gasteiger partial charge in [-0.05, 0) is 30.2 Å². The molecule has 0 N–H and O–H groups in total. The second kappa shape index (κ2) is 5.83. The van der Waals surface area contributed by atoms with Crippen molar-refractivity contribution in [2.75, 3.05) is 0 Å². The third kappa shape index (κ3) is 2.97. The maximum Gasteiger partial charge on any atom is 0.203 e. The summed E-state index contributed by atoms with van der Waals surface area (Å²) in [4.78, 5) is 0. The largest absolute Gasteiger partial charge is 0.483 e. The molecule has 0 aliphatic carbocycles. The number of halogens is 4. The van der Waals surface area contributed by atoms with Crippen molar-refractivity contribution in [1.29, 1.82) is 5.26 Å². The van der Waals surface area contributed by atoms with Gasteiger partial charge >= 0.3 is 0 Å². The van der Waals surface area contributed by atoms with Gasteiger partial charge in [-0.3, -0.25) is 0 Å². The van der Waals surface area contributed by atoms with Crippen molar-refractivity contribution < 1.29 is 22.3 Å². The zero-order valence-corrected chi connectivity index (χ0v) is 10.9. The van der Waals surface area contributed by atoms with Crippen LogP contribution in [-0.2, 0) is 6.61 Å². The van der Waals surface area contributed by atoms with Crippen molar-refractivity contribution in [3.63, 3.8) is 0 Å². The Balaban J connectivity index is 2.27. The minimum Gasteiger partial charge on any atom is -0.483 e. The van der Waals surface area contributed by atoms with Gasteiger partial charge < -0.3 is 4.74 Å². The van der Waals surface area contributed by atoms with Gasteiger partial charge in [-0.25, -0.2) is 8.78 Å². The third-order valence-electron chi connectivity index (χ3n) is 2.92. The summed E-state index contributed by atoms with van der Waals surface area (Å²) in [5.74, 6) is -7.32. The Labute approximate surface area is 118 Å². The number of rotatable bonds is 3. The fourth-order valence-electron chi connectivity index (χ4n) is 1.76. The molecule has 2 nitrogen and oxygen atoms in total. The van der Waals surface area contributed by atoms with E-state index in [1.807, 2.05) is 6.07 Å². The van der Waals surface area contributed by atoms with E-state index in [2.05, 4.69) is 0 Å². The van der Waals surface area contributed by atoms with E-state index in [0.29, 0.717) is 16.7 Å². The smallest absolute Gasteiger partial charge is 0.203 e. The molecule has 2 aromatic rings. The van der Waals surface area contributed by atoms with E-state index in [9.17, 15) is 17.6 Å². The van der Waals surface area contributed by atoms with Crippen LogP contribution in [0.15, 0.2) is 24.3 Å². The Morgan fingerprint density at radius 1 is 1.05 bits per heavy atom. The lowest BCUT2D eigenvalue weighted by molar-refractivity contribution is 0.261. The molecule has 0 amide bonds. The van der Waals surface area contributed by atoms with Crippen LogP contribution in [0.2, 0.25) is 0 Å². The molecular weight excluding hydrogens is 286 g/mol. The van der Waals surface area contributed by atoms with Gasteiger partial charge in [0.15, 0.2) is 17.4 Å². The first-order chi connectivity index (χ1) is 9.93. The second-order valence-electron chi connectivity index (χ2n) is 4.34. The molecule has 0 aliphatic heterocycles. The molecule has 0 aliphatic rings. The molecule has 0 bridgehead atoms. The van der Waals surface area contributed by atoms with Crippen molar-refractivity contribution in [2.24, 2.45) is 0 Å². The van der Waals surface area contributed by atoms with Crippen LogP contribution >= 0.6 is 0 Å². The van der Waals surface area contributed by atoms with Crippen molar-refractivity contribution in [1.82, 2.24) is 0 Å². The number of aryl methyl sites for hydroxylation is 1. The van der Waals surface area contributed by atoms with Gasteiger partial charge in [0.05, 0.1) is 11.6 Å². The van der Waals surface area contributed by atoms with Gasteiger partial charge in [-0.1, -0.05) is 6.07 Å². The molecule has 0 saturated carbocycles. The zero-order valence-electron chi connectivity index (χ0n) is 10.9. The SMILES string of the molecule is Cc1cc(C#N)ccc1COc1c(F)c(F)cc(F)c1F. The fraction of sp³-hybridized carbons (Fsp3) is 0.133. The summed E-state index contributed by atoms with van der Waals surface area (Å²) in [7, 11) is 0. The van der Waals surface area contributed by atoms with Crippen molar-refractivity contribution >= 4 is 0 Å². The van der Waals surface area contributed by atoms with Gasteiger partial charge in [-0.2, -0.15) is 14.0 Å². The van der Waals surface area contributed by atoms with Gasteiger partial charge in [0.25, 0.3) is 0 Å². The molecule has 0 heterocycles. The number of ether oxygens (including phenoxy) is 1. The summed E-state index contributed by atoms with van der Waals surface area (Å²) in [6, 6.07) is 6.67. The van der Waals surface area contributed by atoms with Crippen LogP contribution in [0.5, 0.6) is 5.75 Å². The van der Waals surface area contributed by atoms with E-state index in [-0.39, 0.29) is 12.7 Å². The Morgan fingerprint density at radius 2 is 1.67 bits per heavy atom. The van der Waals surface area contributed by atoms with Crippen LogP contribution in [0.4, 0.5) is 17.6 Å². The zero-order chi connectivity index (χ0) is 15.6. The molecule has 2 rings (SSSR count). The maximum absolute atomic E-state index is 13.4. The van der Waals surface area contributed by atoms with Crippen LogP contribution in [-0.4, -0.2) is 0 Å². The molecule has 0 unspecified atom stereocenters. The topological polar surface area (TPSA) is 33.0 Å². The maximum atomic E-state index is 13.4. The molecule has 0 spiro atoms. The number of benzene rings is 2. The lowest BCUT2D eigenvalue weighted by Gasteiger charge is -2.11. The lowest BCUT2D eigenvalue weighted by Crippen LogP contribution is -2.05. The molecule has 0 radical (unpaired) electrons. The molecule has 21 heavy (non-hydrogen) atoms. The predicted molar refractivity (Wildman–Crippen MR) is 66.5 cm³/mol. The second-order valence-corrected chi connectivity index (χ2v) is 4.34. The first-order valence-electron chi connectivity index (χ1n) is 5.89. The van der Waals surface area contributed by atoms with Gasteiger partial charge in [0.1, 0.15) is 6.61 Å². The van der Waals surface area contributed by atoms with E-state index in [0.717, 1.165) is 0 Å². The number of nitrogens with zero attached hydrogens (tertiary/aromatic N) is 1. The molecule has 6 heteroatoms. The van der Waals surface area contributed by atoms with Crippen molar-refractivity contribution in [3.05, 3.63) is 64.2 Å². The normalized spacial score (nSPS) is 10.3. The van der Waals surface area contributed by atoms with Crippen LogP contribution in [0, 0.1) is 41.5 Å². The van der Waals surface area contributed by atoms with Crippen LogP contribution < -0.4 is 4.74 Å². The summed E-state index contributed by atoms with van der Waals surface area (Å²) in [6.07, 6.45) is 0. The molecule has 0 aromatic heterocycles. The first-order valence-corrected chi connectivity index (χ1v) is 5.89. The monoisotopic (exact) mass is 295 g/mol. The molecule has 0 atom stereocenters. The highest BCUT2D eigenvalue weighted by Gasteiger charge is 2.20. The minimum absolute atomic E-state index is 0.116. The van der Waals surface area contributed by atoms with E-state index in [4.69, 9.17) is 10.00 Å². The predicted octanol–water partition coefficient (Wildman–Crippen LogP) is 4.00. The van der Waals surface area contributed by atoms with E-state index in [1.165, 1.54) is 6.07 Å². The van der Waals surface area contributed by atoms with Crippen LogP contribution in [0.25, 0.3) is 0 Å². The molecular formula is C15H9F4NO. The minimum atomic E-state index is -1.58. The third-order valence-corrected chi connectivity index (χ3v) is 2.92. The van der Waals surface area contributed by atoms with Crippen molar-refractivity contribution in [3.8, 4) is 11.8 Å². The summed E-state index contributed by atoms with van der Waals surface area (Å²) in [5, 5.41) is 8.73. The van der Waals surface area contributed by atoms with E-state index >= 15 is 0 Å². The molecule has 108 valence electrons. The highest BCUT2D eigenvalue weighted by molar-refractivity contribution is 5.37. The quantitative estimate of drug-likeness (QED) is 0.633. The Kier molecular flexibility index (Phi) is 4.13. The molecule has 0 fully saturated rings. The summed E-state index contributed by atoms with van der Waals surface area (Å²) in [5.41, 5.74) is 1.62. The average Bonchev–Trinajstić information content (AvgIpc) is 2.46. The first kappa shape index (κ1) is 14.9. The summed E-state index contributed by atoms with van der Waals surface area (Å²) < 4.78 is 57.7. The Bertz CT molecular complexity index is 711. The highest BCUT2D eigenvalue weighted by Crippen LogP contribution is 2.27. The van der Waals surface area contributed by atoms with Crippen LogP contribution in [0.1, 0.15) is 16.7 Å². The highest BCUT2D eigenvalue weighted by atomic mass is 19.2.